The van der Waals surface area contributed by atoms with Crippen LogP contribution in [0.3, 0.4) is 0 Å². The molecule has 4 rings (SSSR count). The maximum Gasteiger partial charge on any atom is 0.276 e. The van der Waals surface area contributed by atoms with E-state index in [1.165, 1.54) is 0 Å². The Labute approximate surface area is 174 Å². The van der Waals surface area contributed by atoms with Crippen molar-refractivity contribution >= 4 is 17.4 Å². The van der Waals surface area contributed by atoms with Gasteiger partial charge in [-0.05, 0) is 61.4 Å². The number of amides is 1. The van der Waals surface area contributed by atoms with E-state index in [1.807, 2.05) is 55.5 Å². The van der Waals surface area contributed by atoms with Gasteiger partial charge in [0, 0.05) is 11.8 Å². The number of aryl methyl sites for hydroxylation is 1. The van der Waals surface area contributed by atoms with Gasteiger partial charge in [-0.1, -0.05) is 17.3 Å². The van der Waals surface area contributed by atoms with Crippen LogP contribution >= 0.6 is 0 Å². The summed E-state index contributed by atoms with van der Waals surface area (Å²) >= 11 is 0. The predicted molar refractivity (Wildman–Crippen MR) is 114 cm³/mol. The topological polar surface area (TPSA) is 76.8 Å². The van der Waals surface area contributed by atoms with E-state index >= 15 is 0 Å². The molecule has 30 heavy (non-hydrogen) atoms. The normalized spacial score (nSPS) is 16.2. The molecule has 1 N–H and O–H groups in total. The average molecular weight is 405 g/mol. The molecule has 0 bridgehead atoms. The number of hydrogen-bond donors (Lipinski definition) is 1. The highest BCUT2D eigenvalue weighted by molar-refractivity contribution is 6.11. The summed E-state index contributed by atoms with van der Waals surface area (Å²) in [6.07, 6.45) is 0. The van der Waals surface area contributed by atoms with E-state index in [9.17, 15) is 4.79 Å². The Morgan fingerprint density at radius 3 is 2.10 bits per heavy atom. The van der Waals surface area contributed by atoms with Crippen LogP contribution in [-0.4, -0.2) is 25.3 Å². The van der Waals surface area contributed by atoms with E-state index in [1.54, 1.807) is 32.1 Å². The molecule has 1 atom stereocenters. The number of ether oxygens (including phenoxy) is 2. The molecule has 7 nitrogen and oxygen atoms in total. The van der Waals surface area contributed by atoms with Crippen molar-refractivity contribution in [2.24, 2.45) is 0 Å². The smallest absolute Gasteiger partial charge is 0.276 e. The Morgan fingerprint density at radius 2 is 1.57 bits per heavy atom. The first-order valence-electron chi connectivity index (χ1n) is 9.54. The second kappa shape index (κ2) is 7.94. The SMILES string of the molecule is COc1ccc(NC2=C(C)C(c3ccc(OC)cc3)N(c3cc(C)on3)C2=O)cc1. The van der Waals surface area contributed by atoms with Crippen LogP contribution in [0, 0.1) is 6.92 Å². The first kappa shape index (κ1) is 19.6. The second-order valence-corrected chi connectivity index (χ2v) is 7.06. The van der Waals surface area contributed by atoms with E-state index < -0.39 is 0 Å². The lowest BCUT2D eigenvalue weighted by molar-refractivity contribution is -0.114. The number of rotatable bonds is 6. The van der Waals surface area contributed by atoms with Crippen LogP contribution in [-0.2, 0) is 4.79 Å². The number of benzene rings is 2. The molecule has 1 amide bonds. The maximum atomic E-state index is 13.4. The minimum atomic E-state index is -0.311. The highest BCUT2D eigenvalue weighted by Gasteiger charge is 2.40. The van der Waals surface area contributed by atoms with Gasteiger partial charge in [0.25, 0.3) is 5.91 Å². The number of aromatic nitrogens is 1. The molecule has 1 aliphatic heterocycles. The zero-order valence-electron chi connectivity index (χ0n) is 17.3. The standard InChI is InChI=1S/C23H23N3O4/c1-14-13-20(25-30-14)26-22(16-5-9-18(28-3)10-6-16)15(2)21(23(26)27)24-17-7-11-19(29-4)12-8-17/h5-13,22,24H,1-4H3. The molecule has 3 aromatic rings. The summed E-state index contributed by atoms with van der Waals surface area (Å²) in [5.74, 6) is 2.45. The molecule has 7 heteroatoms. The Morgan fingerprint density at radius 1 is 0.967 bits per heavy atom. The Kier molecular flexibility index (Phi) is 5.18. The van der Waals surface area contributed by atoms with Crippen molar-refractivity contribution in [1.29, 1.82) is 0 Å². The quantitative estimate of drug-likeness (QED) is 0.652. The van der Waals surface area contributed by atoms with Crippen LogP contribution < -0.4 is 19.7 Å². The van der Waals surface area contributed by atoms with Gasteiger partial charge in [0.1, 0.15) is 23.0 Å². The van der Waals surface area contributed by atoms with Gasteiger partial charge >= 0.3 is 0 Å². The van der Waals surface area contributed by atoms with Crippen LogP contribution in [0.15, 0.2) is 70.4 Å². The van der Waals surface area contributed by atoms with Crippen molar-refractivity contribution < 1.29 is 18.8 Å². The van der Waals surface area contributed by atoms with Gasteiger partial charge < -0.3 is 19.3 Å². The highest BCUT2D eigenvalue weighted by Crippen LogP contribution is 2.41. The van der Waals surface area contributed by atoms with Gasteiger partial charge in [-0.25, -0.2) is 0 Å². The number of methoxy groups -OCH3 is 2. The molecule has 0 saturated carbocycles. The van der Waals surface area contributed by atoms with Gasteiger partial charge in [-0.3, -0.25) is 9.69 Å². The molecule has 0 spiro atoms. The van der Waals surface area contributed by atoms with Gasteiger partial charge in [0.15, 0.2) is 5.82 Å². The summed E-state index contributed by atoms with van der Waals surface area (Å²) in [7, 11) is 3.24. The number of nitrogens with one attached hydrogen (secondary N) is 1. The average Bonchev–Trinajstić information content (AvgIpc) is 3.30. The van der Waals surface area contributed by atoms with E-state index in [2.05, 4.69) is 10.5 Å². The van der Waals surface area contributed by atoms with Crippen LogP contribution in [0.25, 0.3) is 0 Å². The lowest BCUT2D eigenvalue weighted by Crippen LogP contribution is -2.31. The fourth-order valence-corrected chi connectivity index (χ4v) is 3.60. The second-order valence-electron chi connectivity index (χ2n) is 7.06. The number of anilines is 2. The fraction of sp³-hybridized carbons (Fsp3) is 0.217. The molecule has 0 fully saturated rings. The number of nitrogens with zero attached hydrogens (tertiary/aromatic N) is 2. The molecular weight excluding hydrogens is 382 g/mol. The Hall–Kier alpha value is -3.74. The summed E-state index contributed by atoms with van der Waals surface area (Å²) in [4.78, 5) is 15.1. The molecule has 0 radical (unpaired) electrons. The van der Waals surface area contributed by atoms with E-state index in [-0.39, 0.29) is 11.9 Å². The highest BCUT2D eigenvalue weighted by atomic mass is 16.5. The molecule has 1 aliphatic rings. The molecule has 2 heterocycles. The Balaban J connectivity index is 1.74. The van der Waals surface area contributed by atoms with Crippen molar-refractivity contribution in [1.82, 2.24) is 5.16 Å². The molecule has 1 aromatic heterocycles. The zero-order chi connectivity index (χ0) is 21.3. The predicted octanol–water partition coefficient (Wildman–Crippen LogP) is 4.47. The van der Waals surface area contributed by atoms with Crippen molar-refractivity contribution in [3.8, 4) is 11.5 Å². The number of carbonyl (C=O) groups excluding carboxylic acids is 1. The Bertz CT molecular complexity index is 1080. The van der Waals surface area contributed by atoms with Crippen LogP contribution in [0.1, 0.15) is 24.3 Å². The lowest BCUT2D eigenvalue weighted by Gasteiger charge is -2.24. The lowest BCUT2D eigenvalue weighted by atomic mass is 10.00. The van der Waals surface area contributed by atoms with Crippen LogP contribution in [0.2, 0.25) is 0 Å². The molecule has 154 valence electrons. The zero-order valence-corrected chi connectivity index (χ0v) is 17.3. The largest absolute Gasteiger partial charge is 0.497 e. The first-order chi connectivity index (χ1) is 14.5. The number of hydrogen-bond acceptors (Lipinski definition) is 6. The molecule has 0 aliphatic carbocycles. The minimum absolute atomic E-state index is 0.169. The third kappa shape index (κ3) is 3.50. The molecular formula is C23H23N3O4. The monoisotopic (exact) mass is 405 g/mol. The molecule has 2 aromatic carbocycles. The maximum absolute atomic E-state index is 13.4. The van der Waals surface area contributed by atoms with Crippen molar-refractivity contribution in [2.75, 3.05) is 24.4 Å². The van der Waals surface area contributed by atoms with E-state index in [0.29, 0.717) is 17.3 Å². The summed E-state index contributed by atoms with van der Waals surface area (Å²) in [6, 6.07) is 16.6. The van der Waals surface area contributed by atoms with Crippen LogP contribution in [0.5, 0.6) is 11.5 Å². The molecule has 0 saturated heterocycles. The third-order valence-electron chi connectivity index (χ3n) is 5.15. The van der Waals surface area contributed by atoms with Crippen molar-refractivity contribution in [2.45, 2.75) is 19.9 Å². The van der Waals surface area contributed by atoms with Gasteiger partial charge in [-0.15, -0.1) is 0 Å². The van der Waals surface area contributed by atoms with E-state index in [4.69, 9.17) is 14.0 Å². The molecule has 1 unspecified atom stereocenters. The third-order valence-corrected chi connectivity index (χ3v) is 5.15. The summed E-state index contributed by atoms with van der Waals surface area (Å²) < 4.78 is 15.7. The van der Waals surface area contributed by atoms with Gasteiger partial charge in [-0.2, -0.15) is 0 Å². The fourth-order valence-electron chi connectivity index (χ4n) is 3.60. The minimum Gasteiger partial charge on any atom is -0.497 e. The summed E-state index contributed by atoms with van der Waals surface area (Å²) in [6.45, 7) is 3.75. The van der Waals surface area contributed by atoms with Crippen LogP contribution in [0.4, 0.5) is 11.5 Å². The number of carbonyl (C=O) groups is 1. The summed E-state index contributed by atoms with van der Waals surface area (Å²) in [5, 5.41) is 7.36. The van der Waals surface area contributed by atoms with Crippen molar-refractivity contribution in [3.63, 3.8) is 0 Å². The van der Waals surface area contributed by atoms with E-state index in [0.717, 1.165) is 28.3 Å². The van der Waals surface area contributed by atoms with Gasteiger partial charge in [0.2, 0.25) is 0 Å². The van der Waals surface area contributed by atoms with Crippen molar-refractivity contribution in [3.05, 3.63) is 77.2 Å². The summed E-state index contributed by atoms with van der Waals surface area (Å²) in [5.41, 5.74) is 3.15. The van der Waals surface area contributed by atoms with Gasteiger partial charge in [0.05, 0.1) is 20.3 Å². The first-order valence-corrected chi connectivity index (χ1v) is 9.54.